The Morgan fingerprint density at radius 1 is 1.41 bits per heavy atom. The molecule has 3 heteroatoms. The van der Waals surface area contributed by atoms with Crippen LogP contribution < -0.4 is 5.73 Å². The quantitative estimate of drug-likeness (QED) is 0.875. The molecule has 1 heterocycles. The van der Waals surface area contributed by atoms with E-state index in [1.165, 1.54) is 5.56 Å². The fourth-order valence-corrected chi connectivity index (χ4v) is 2.00. The van der Waals surface area contributed by atoms with E-state index in [1.807, 2.05) is 17.8 Å². The van der Waals surface area contributed by atoms with Crippen molar-refractivity contribution < 1.29 is 0 Å². The van der Waals surface area contributed by atoms with Crippen molar-refractivity contribution in [1.82, 2.24) is 9.55 Å². The van der Waals surface area contributed by atoms with Crippen molar-refractivity contribution in [2.24, 2.45) is 12.8 Å². The zero-order valence-electron chi connectivity index (χ0n) is 10.4. The first-order valence-electron chi connectivity index (χ1n) is 6.03. The highest BCUT2D eigenvalue weighted by Gasteiger charge is 2.11. The number of hydrogen-bond donors (Lipinski definition) is 1. The van der Waals surface area contributed by atoms with E-state index in [9.17, 15) is 0 Å². The van der Waals surface area contributed by atoms with Crippen LogP contribution in [-0.4, -0.2) is 9.55 Å². The van der Waals surface area contributed by atoms with Gasteiger partial charge in [0.25, 0.3) is 0 Å². The van der Waals surface area contributed by atoms with Crippen molar-refractivity contribution in [2.45, 2.75) is 25.8 Å². The average molecular weight is 229 g/mol. The van der Waals surface area contributed by atoms with Gasteiger partial charge >= 0.3 is 0 Å². The summed E-state index contributed by atoms with van der Waals surface area (Å²) in [5.74, 6) is 0. The normalized spacial score (nSPS) is 12.6. The lowest BCUT2D eigenvalue weighted by molar-refractivity contribution is 0.827. The largest absolute Gasteiger partial charge is 0.340 e. The van der Waals surface area contributed by atoms with E-state index in [1.54, 1.807) is 6.33 Å². The Balaban J connectivity index is 2.24. The summed E-state index contributed by atoms with van der Waals surface area (Å²) in [6.45, 7) is 2.19. The molecule has 1 aromatic heterocycles. The summed E-state index contributed by atoms with van der Waals surface area (Å²) in [6, 6.07) is 8.34. The van der Waals surface area contributed by atoms with Crippen molar-refractivity contribution in [1.29, 1.82) is 0 Å². The van der Waals surface area contributed by atoms with Gasteiger partial charge in [-0.05, 0) is 17.5 Å². The number of benzene rings is 1. The second kappa shape index (κ2) is 5.15. The molecular weight excluding hydrogens is 210 g/mol. The van der Waals surface area contributed by atoms with Crippen molar-refractivity contribution in [3.63, 3.8) is 0 Å². The number of aryl methyl sites for hydroxylation is 2. The van der Waals surface area contributed by atoms with E-state index in [0.29, 0.717) is 0 Å². The van der Waals surface area contributed by atoms with Gasteiger partial charge in [-0.15, -0.1) is 0 Å². The van der Waals surface area contributed by atoms with Crippen LogP contribution in [0.3, 0.4) is 0 Å². The average Bonchev–Trinajstić information content (AvgIpc) is 2.76. The van der Waals surface area contributed by atoms with Crippen molar-refractivity contribution in [3.05, 3.63) is 53.6 Å². The first-order chi connectivity index (χ1) is 8.20. The van der Waals surface area contributed by atoms with E-state index in [4.69, 9.17) is 5.73 Å². The van der Waals surface area contributed by atoms with Crippen molar-refractivity contribution >= 4 is 0 Å². The molecule has 90 valence electrons. The number of hydrogen-bond acceptors (Lipinski definition) is 2. The molecule has 0 bridgehead atoms. The first kappa shape index (κ1) is 11.9. The smallest absolute Gasteiger partial charge is 0.0947 e. The Hall–Kier alpha value is -1.61. The van der Waals surface area contributed by atoms with Gasteiger partial charge in [0.05, 0.1) is 18.1 Å². The molecule has 0 fully saturated rings. The molecule has 2 aromatic rings. The molecule has 0 spiro atoms. The fourth-order valence-electron chi connectivity index (χ4n) is 2.00. The third kappa shape index (κ3) is 2.74. The maximum absolute atomic E-state index is 6.22. The Morgan fingerprint density at radius 2 is 2.24 bits per heavy atom. The summed E-state index contributed by atoms with van der Waals surface area (Å²) >= 11 is 0. The van der Waals surface area contributed by atoms with Gasteiger partial charge in [-0.2, -0.15) is 0 Å². The van der Waals surface area contributed by atoms with Crippen LogP contribution in [0.4, 0.5) is 0 Å². The van der Waals surface area contributed by atoms with E-state index in [0.717, 1.165) is 24.1 Å². The van der Waals surface area contributed by atoms with Crippen LogP contribution in [0.15, 0.2) is 36.8 Å². The fraction of sp³-hybridized carbons (Fsp3) is 0.357. The van der Waals surface area contributed by atoms with Gasteiger partial charge in [0.1, 0.15) is 0 Å². The molecular formula is C14H19N3. The maximum atomic E-state index is 6.22. The molecule has 2 N–H and O–H groups in total. The summed E-state index contributed by atoms with van der Waals surface area (Å²) in [6.07, 6.45) is 6.01. The molecule has 17 heavy (non-hydrogen) atoms. The Kier molecular flexibility index (Phi) is 3.59. The number of aromatic nitrogens is 2. The van der Waals surface area contributed by atoms with Gasteiger partial charge in [-0.1, -0.05) is 37.6 Å². The van der Waals surface area contributed by atoms with Crippen LogP contribution in [0.2, 0.25) is 0 Å². The summed E-state index contributed by atoms with van der Waals surface area (Å²) in [4.78, 5) is 4.31. The van der Waals surface area contributed by atoms with E-state index in [-0.39, 0.29) is 6.04 Å². The SMILES string of the molecule is CCCc1cccc(C(N)c2cn(C)cn2)c1. The molecule has 1 unspecified atom stereocenters. The Morgan fingerprint density at radius 3 is 2.88 bits per heavy atom. The number of rotatable bonds is 4. The molecule has 0 amide bonds. The Labute approximate surface area is 102 Å². The minimum Gasteiger partial charge on any atom is -0.340 e. The third-order valence-electron chi connectivity index (χ3n) is 2.89. The predicted octanol–water partition coefficient (Wildman–Crippen LogP) is 2.42. The van der Waals surface area contributed by atoms with Crippen LogP contribution in [0.5, 0.6) is 0 Å². The molecule has 3 nitrogen and oxygen atoms in total. The van der Waals surface area contributed by atoms with Gasteiger partial charge in [-0.3, -0.25) is 0 Å². The van der Waals surface area contributed by atoms with Gasteiger partial charge in [0.2, 0.25) is 0 Å². The maximum Gasteiger partial charge on any atom is 0.0947 e. The zero-order chi connectivity index (χ0) is 12.3. The standard InChI is InChI=1S/C14H19N3/c1-3-5-11-6-4-7-12(8-11)14(15)13-9-17(2)10-16-13/h4,6-10,14H,3,5,15H2,1-2H3. The van der Waals surface area contributed by atoms with Gasteiger partial charge in [0.15, 0.2) is 0 Å². The topological polar surface area (TPSA) is 43.8 Å². The lowest BCUT2D eigenvalue weighted by Gasteiger charge is -2.10. The summed E-state index contributed by atoms with van der Waals surface area (Å²) < 4.78 is 1.92. The molecule has 0 aliphatic heterocycles. The Bertz CT molecular complexity index is 488. The molecule has 0 aliphatic rings. The molecule has 1 aromatic carbocycles. The highest BCUT2D eigenvalue weighted by Crippen LogP contribution is 2.19. The second-order valence-corrected chi connectivity index (χ2v) is 4.44. The first-order valence-corrected chi connectivity index (χ1v) is 6.03. The number of imidazole rings is 1. The molecule has 1 atom stereocenters. The predicted molar refractivity (Wildman–Crippen MR) is 69.7 cm³/mol. The molecule has 0 saturated carbocycles. The summed E-state index contributed by atoms with van der Waals surface area (Å²) in [5, 5.41) is 0. The van der Waals surface area contributed by atoms with Crippen LogP contribution in [0.25, 0.3) is 0 Å². The monoisotopic (exact) mass is 229 g/mol. The van der Waals surface area contributed by atoms with Crippen LogP contribution >= 0.6 is 0 Å². The summed E-state index contributed by atoms with van der Waals surface area (Å²) in [7, 11) is 1.96. The van der Waals surface area contributed by atoms with Crippen molar-refractivity contribution in [2.75, 3.05) is 0 Å². The van der Waals surface area contributed by atoms with Crippen LogP contribution in [0, 0.1) is 0 Å². The van der Waals surface area contributed by atoms with E-state index < -0.39 is 0 Å². The minimum atomic E-state index is -0.131. The number of nitrogens with two attached hydrogens (primary N) is 1. The van der Waals surface area contributed by atoms with Crippen molar-refractivity contribution in [3.8, 4) is 0 Å². The lowest BCUT2D eigenvalue weighted by atomic mass is 10.0. The van der Waals surface area contributed by atoms with Gasteiger partial charge in [0, 0.05) is 13.2 Å². The molecule has 0 aliphatic carbocycles. The van der Waals surface area contributed by atoms with Gasteiger partial charge in [-0.25, -0.2) is 4.98 Å². The van der Waals surface area contributed by atoms with Crippen LogP contribution in [-0.2, 0) is 13.5 Å². The minimum absolute atomic E-state index is 0.131. The summed E-state index contributed by atoms with van der Waals surface area (Å²) in [5.41, 5.74) is 9.61. The second-order valence-electron chi connectivity index (χ2n) is 4.44. The van der Waals surface area contributed by atoms with Gasteiger partial charge < -0.3 is 10.3 Å². The zero-order valence-corrected chi connectivity index (χ0v) is 10.4. The van der Waals surface area contributed by atoms with E-state index in [2.05, 4.69) is 36.2 Å². The molecule has 0 saturated heterocycles. The molecule has 2 rings (SSSR count). The molecule has 0 radical (unpaired) electrons. The third-order valence-corrected chi connectivity index (χ3v) is 2.89. The van der Waals surface area contributed by atoms with Crippen LogP contribution in [0.1, 0.15) is 36.2 Å². The number of nitrogens with zero attached hydrogens (tertiary/aromatic N) is 2. The highest BCUT2D eigenvalue weighted by molar-refractivity contribution is 5.30. The lowest BCUT2D eigenvalue weighted by Crippen LogP contribution is -2.12. The highest BCUT2D eigenvalue weighted by atomic mass is 15.0. The van der Waals surface area contributed by atoms with E-state index >= 15 is 0 Å².